The van der Waals surface area contributed by atoms with Gasteiger partial charge in [0.2, 0.25) is 5.91 Å². The molecule has 0 heterocycles. The summed E-state index contributed by atoms with van der Waals surface area (Å²) in [4.78, 5) is 12.3. The number of unbranched alkanes of at least 4 members (excludes halogenated alkanes) is 30. The number of hydrogen-bond donors (Lipinski definition) is 3. The minimum absolute atomic E-state index is 0.0663. The zero-order valence-corrected chi connectivity index (χ0v) is 40.0. The number of nitrogens with one attached hydrogen (secondary N) is 1. The fourth-order valence-corrected chi connectivity index (χ4v) is 7.74. The van der Waals surface area contributed by atoms with Gasteiger partial charge in [0.1, 0.15) is 0 Å². The van der Waals surface area contributed by atoms with Crippen molar-refractivity contribution in [3.05, 3.63) is 72.9 Å². The van der Waals surface area contributed by atoms with Gasteiger partial charge in [-0.2, -0.15) is 0 Å². The standard InChI is InChI=1S/C56H101NO3/c1-3-5-7-9-11-12-13-14-15-16-17-18-19-20-21-22-23-24-25-26-27-28-29-30-31-32-33-34-35-36-37-38-39-40-41-42-43-44-46-48-50-52-56(60)57-54(53-58)55(59)51-49-47-45-10-8-6-4-2/h5,7,11-12,14-15,17-18,20-21,49,51,54-55,58-59H,3-4,6,8-10,13,16,19,22-48,50,52-53H2,1-2H3,(H,57,60)/b7-5-,12-11-,15-14-,18-17-,21-20-,51-49+. The first-order chi connectivity index (χ1) is 29.7. The van der Waals surface area contributed by atoms with Crippen LogP contribution in [0.25, 0.3) is 0 Å². The molecular formula is C56H101NO3. The van der Waals surface area contributed by atoms with Crippen molar-refractivity contribution in [1.82, 2.24) is 5.32 Å². The molecule has 0 bridgehead atoms. The lowest BCUT2D eigenvalue weighted by Gasteiger charge is -2.20. The monoisotopic (exact) mass is 836 g/mol. The van der Waals surface area contributed by atoms with Crippen LogP contribution in [0.2, 0.25) is 0 Å². The predicted octanol–water partition coefficient (Wildman–Crippen LogP) is 17.0. The number of rotatable bonds is 47. The molecule has 60 heavy (non-hydrogen) atoms. The van der Waals surface area contributed by atoms with Crippen LogP contribution in [0.3, 0.4) is 0 Å². The van der Waals surface area contributed by atoms with Crippen molar-refractivity contribution >= 4 is 5.91 Å². The largest absolute Gasteiger partial charge is 0.394 e. The van der Waals surface area contributed by atoms with Crippen LogP contribution >= 0.6 is 0 Å². The van der Waals surface area contributed by atoms with E-state index in [0.29, 0.717) is 6.42 Å². The second kappa shape index (κ2) is 51.2. The minimum Gasteiger partial charge on any atom is -0.394 e. The zero-order valence-electron chi connectivity index (χ0n) is 40.0. The highest BCUT2D eigenvalue weighted by atomic mass is 16.3. The predicted molar refractivity (Wildman–Crippen MR) is 267 cm³/mol. The molecule has 2 atom stereocenters. The molecule has 0 saturated heterocycles. The summed E-state index contributed by atoms with van der Waals surface area (Å²) < 4.78 is 0. The van der Waals surface area contributed by atoms with Crippen LogP contribution in [0, 0.1) is 0 Å². The van der Waals surface area contributed by atoms with Gasteiger partial charge < -0.3 is 15.5 Å². The first-order valence-corrected chi connectivity index (χ1v) is 26.2. The van der Waals surface area contributed by atoms with E-state index in [4.69, 9.17) is 0 Å². The summed E-state index contributed by atoms with van der Waals surface area (Å²) in [6, 6.07) is -0.618. The molecule has 0 fully saturated rings. The van der Waals surface area contributed by atoms with Crippen molar-refractivity contribution in [2.24, 2.45) is 0 Å². The minimum atomic E-state index is -0.835. The number of aliphatic hydroxyl groups is 2. The Bertz CT molecular complexity index is 1040. The van der Waals surface area contributed by atoms with Gasteiger partial charge in [-0.05, 0) is 64.2 Å². The topological polar surface area (TPSA) is 69.6 Å². The second-order valence-electron chi connectivity index (χ2n) is 17.6. The van der Waals surface area contributed by atoms with Gasteiger partial charge in [0.05, 0.1) is 18.8 Å². The highest BCUT2D eigenvalue weighted by Crippen LogP contribution is 2.16. The zero-order chi connectivity index (χ0) is 43.5. The van der Waals surface area contributed by atoms with E-state index in [1.54, 1.807) is 6.08 Å². The molecule has 0 aliphatic rings. The third kappa shape index (κ3) is 46.9. The number of carbonyl (C=O) groups excluding carboxylic acids is 1. The first kappa shape index (κ1) is 57.8. The normalized spacial score (nSPS) is 13.5. The molecule has 0 aliphatic heterocycles. The van der Waals surface area contributed by atoms with Crippen molar-refractivity contribution < 1.29 is 15.0 Å². The molecule has 1 amide bonds. The van der Waals surface area contributed by atoms with Crippen LogP contribution in [0.4, 0.5) is 0 Å². The van der Waals surface area contributed by atoms with E-state index in [9.17, 15) is 15.0 Å². The average molecular weight is 836 g/mol. The first-order valence-electron chi connectivity index (χ1n) is 26.2. The quantitative estimate of drug-likeness (QED) is 0.0422. The summed E-state index contributed by atoms with van der Waals surface area (Å²) >= 11 is 0. The molecule has 4 heteroatoms. The van der Waals surface area contributed by atoms with Crippen LogP contribution in [0.1, 0.15) is 258 Å². The van der Waals surface area contributed by atoms with E-state index in [0.717, 1.165) is 57.8 Å². The molecule has 0 aromatic heterocycles. The summed E-state index contributed by atoms with van der Waals surface area (Å²) in [5.41, 5.74) is 0. The third-order valence-corrected chi connectivity index (χ3v) is 11.7. The van der Waals surface area contributed by atoms with Crippen molar-refractivity contribution in [2.45, 2.75) is 270 Å². The van der Waals surface area contributed by atoms with Gasteiger partial charge in [-0.1, -0.05) is 260 Å². The molecule has 3 N–H and O–H groups in total. The summed E-state index contributed by atoms with van der Waals surface area (Å²) in [5, 5.41) is 22.8. The van der Waals surface area contributed by atoms with Gasteiger partial charge >= 0.3 is 0 Å². The van der Waals surface area contributed by atoms with Gasteiger partial charge in [-0.25, -0.2) is 0 Å². The maximum Gasteiger partial charge on any atom is 0.220 e. The Balaban J connectivity index is 3.36. The Hall–Kier alpha value is -2.17. The summed E-state index contributed by atoms with van der Waals surface area (Å²) in [7, 11) is 0. The second-order valence-corrected chi connectivity index (χ2v) is 17.6. The highest BCUT2D eigenvalue weighted by Gasteiger charge is 2.18. The Morgan fingerprint density at radius 3 is 1.10 bits per heavy atom. The Morgan fingerprint density at radius 1 is 0.417 bits per heavy atom. The summed E-state index contributed by atoms with van der Waals surface area (Å²) in [5.74, 6) is -0.0663. The lowest BCUT2D eigenvalue weighted by molar-refractivity contribution is -0.123. The molecule has 0 spiro atoms. The van der Waals surface area contributed by atoms with Crippen molar-refractivity contribution in [1.29, 1.82) is 0 Å². The van der Waals surface area contributed by atoms with E-state index < -0.39 is 12.1 Å². The maximum atomic E-state index is 12.3. The van der Waals surface area contributed by atoms with Crippen molar-refractivity contribution in [3.63, 3.8) is 0 Å². The van der Waals surface area contributed by atoms with E-state index in [-0.39, 0.29) is 12.5 Å². The smallest absolute Gasteiger partial charge is 0.220 e. The van der Waals surface area contributed by atoms with Crippen LogP contribution < -0.4 is 5.32 Å². The highest BCUT2D eigenvalue weighted by molar-refractivity contribution is 5.76. The number of aliphatic hydroxyl groups excluding tert-OH is 2. The molecule has 0 saturated carbocycles. The molecule has 0 aliphatic carbocycles. The molecule has 0 radical (unpaired) electrons. The van der Waals surface area contributed by atoms with E-state index in [1.165, 1.54) is 180 Å². The average Bonchev–Trinajstić information content (AvgIpc) is 3.25. The molecule has 2 unspecified atom stereocenters. The van der Waals surface area contributed by atoms with Gasteiger partial charge in [0.15, 0.2) is 0 Å². The number of allylic oxidation sites excluding steroid dienone is 11. The molecule has 4 nitrogen and oxygen atoms in total. The number of hydrogen-bond acceptors (Lipinski definition) is 3. The fraction of sp³-hybridized carbons (Fsp3) is 0.768. The van der Waals surface area contributed by atoms with Crippen LogP contribution in [0.15, 0.2) is 72.9 Å². The van der Waals surface area contributed by atoms with Crippen molar-refractivity contribution in [2.75, 3.05) is 6.61 Å². The van der Waals surface area contributed by atoms with Crippen LogP contribution in [-0.4, -0.2) is 34.9 Å². The summed E-state index contributed by atoms with van der Waals surface area (Å²) in [6.07, 6.45) is 73.7. The third-order valence-electron chi connectivity index (χ3n) is 11.7. The number of carbonyl (C=O) groups is 1. The Kier molecular flexibility index (Phi) is 49.3. The van der Waals surface area contributed by atoms with Gasteiger partial charge in [0.25, 0.3) is 0 Å². The molecule has 348 valence electrons. The van der Waals surface area contributed by atoms with E-state index >= 15 is 0 Å². The van der Waals surface area contributed by atoms with Gasteiger partial charge in [-0.3, -0.25) is 4.79 Å². The molecule has 0 aromatic rings. The lowest BCUT2D eigenvalue weighted by atomic mass is 10.0. The SMILES string of the molecule is CC/C=C\C/C=C\C/C=C\C/C=C\C/C=C\CCCCCCCCCCCCCCCCCCCCCCCCCCCC(=O)NC(CO)C(O)/C=C/CCCCCCC. The van der Waals surface area contributed by atoms with Gasteiger partial charge in [-0.15, -0.1) is 0 Å². The Morgan fingerprint density at radius 2 is 0.733 bits per heavy atom. The van der Waals surface area contributed by atoms with Crippen LogP contribution in [-0.2, 0) is 4.79 Å². The maximum absolute atomic E-state index is 12.3. The van der Waals surface area contributed by atoms with E-state index in [1.807, 2.05) is 6.08 Å². The van der Waals surface area contributed by atoms with Gasteiger partial charge in [0, 0.05) is 6.42 Å². The molecular weight excluding hydrogens is 735 g/mol. The summed E-state index contributed by atoms with van der Waals surface area (Å²) in [6.45, 7) is 4.14. The lowest BCUT2D eigenvalue weighted by Crippen LogP contribution is -2.45. The van der Waals surface area contributed by atoms with Crippen molar-refractivity contribution in [3.8, 4) is 0 Å². The molecule has 0 aromatic carbocycles. The van der Waals surface area contributed by atoms with E-state index in [2.05, 4.69) is 79.9 Å². The van der Waals surface area contributed by atoms with Crippen LogP contribution in [0.5, 0.6) is 0 Å². The molecule has 0 rings (SSSR count). The Labute approximate surface area is 374 Å². The fourth-order valence-electron chi connectivity index (χ4n) is 7.74. The number of amides is 1.